The molecule has 0 radical (unpaired) electrons. The Kier molecular flexibility index (Phi) is 5.58. The Morgan fingerprint density at radius 2 is 2.00 bits per heavy atom. The van der Waals surface area contributed by atoms with E-state index in [4.69, 9.17) is 4.74 Å². The highest BCUT2D eigenvalue weighted by molar-refractivity contribution is 9.10. The third-order valence-corrected chi connectivity index (χ3v) is 4.37. The van der Waals surface area contributed by atoms with Crippen molar-refractivity contribution in [2.24, 2.45) is 7.05 Å². The lowest BCUT2D eigenvalue weighted by Crippen LogP contribution is -2.30. The fourth-order valence-corrected chi connectivity index (χ4v) is 3.12. The molecular weight excluding hydrogens is 396 g/mol. The Hall–Kier alpha value is -2.80. The van der Waals surface area contributed by atoms with E-state index < -0.39 is 0 Å². The molecule has 1 amide bonds. The van der Waals surface area contributed by atoms with Crippen molar-refractivity contribution in [1.29, 1.82) is 0 Å². The molecule has 0 aliphatic rings. The Bertz CT molecular complexity index is 906. The lowest BCUT2D eigenvalue weighted by molar-refractivity contribution is -0.119. The highest BCUT2D eigenvalue weighted by Gasteiger charge is 2.09. The highest BCUT2D eigenvalue weighted by atomic mass is 79.9. The highest BCUT2D eigenvalue weighted by Crippen LogP contribution is 2.27. The van der Waals surface area contributed by atoms with E-state index in [0.29, 0.717) is 0 Å². The Morgan fingerprint density at radius 1 is 1.23 bits per heavy atom. The summed E-state index contributed by atoms with van der Waals surface area (Å²) >= 11 is 3.51. The van der Waals surface area contributed by atoms with Gasteiger partial charge in [0.2, 0.25) is 5.91 Å². The maximum absolute atomic E-state index is 12.1. The van der Waals surface area contributed by atoms with Gasteiger partial charge in [0.1, 0.15) is 11.4 Å². The standard InChI is InChI=1S/C19H19BrN4O2/c1-24-12-17(20)19(23-24)14-4-3-5-15(11-14)21-22-18(25)10-13-6-8-16(26-2)9-7-13/h3-9,11-12,21H,10H2,1-2H3,(H,22,25). The molecule has 2 N–H and O–H groups in total. The molecule has 0 saturated carbocycles. The van der Waals surface area contributed by atoms with Crippen LogP contribution in [0.15, 0.2) is 59.2 Å². The van der Waals surface area contributed by atoms with Gasteiger partial charge in [0.05, 0.1) is 23.7 Å². The minimum atomic E-state index is -0.125. The van der Waals surface area contributed by atoms with Crippen molar-refractivity contribution >= 4 is 27.5 Å². The first-order valence-electron chi connectivity index (χ1n) is 8.02. The molecule has 1 heterocycles. The van der Waals surface area contributed by atoms with E-state index >= 15 is 0 Å². The number of amides is 1. The molecule has 134 valence electrons. The quantitative estimate of drug-likeness (QED) is 0.605. The summed E-state index contributed by atoms with van der Waals surface area (Å²) in [6, 6.07) is 15.1. The Labute approximate surface area is 160 Å². The molecule has 0 fully saturated rings. The lowest BCUT2D eigenvalue weighted by atomic mass is 10.1. The summed E-state index contributed by atoms with van der Waals surface area (Å²) in [5.74, 6) is 0.643. The summed E-state index contributed by atoms with van der Waals surface area (Å²) in [6.45, 7) is 0. The average Bonchev–Trinajstić information content (AvgIpc) is 2.99. The maximum Gasteiger partial charge on any atom is 0.242 e. The van der Waals surface area contributed by atoms with Gasteiger partial charge >= 0.3 is 0 Å². The summed E-state index contributed by atoms with van der Waals surface area (Å²) in [5.41, 5.74) is 9.16. The minimum Gasteiger partial charge on any atom is -0.497 e. The second-order valence-corrected chi connectivity index (χ2v) is 6.63. The van der Waals surface area contributed by atoms with Gasteiger partial charge in [-0.3, -0.25) is 20.3 Å². The van der Waals surface area contributed by atoms with E-state index in [1.165, 1.54) is 0 Å². The molecule has 7 heteroatoms. The largest absolute Gasteiger partial charge is 0.497 e. The van der Waals surface area contributed by atoms with Crippen LogP contribution in [-0.4, -0.2) is 22.8 Å². The smallest absolute Gasteiger partial charge is 0.242 e. The number of nitrogens with zero attached hydrogens (tertiary/aromatic N) is 2. The van der Waals surface area contributed by atoms with Gasteiger partial charge in [0, 0.05) is 18.8 Å². The monoisotopic (exact) mass is 414 g/mol. The van der Waals surface area contributed by atoms with Gasteiger partial charge < -0.3 is 4.74 Å². The number of nitrogens with one attached hydrogen (secondary N) is 2. The van der Waals surface area contributed by atoms with Crippen LogP contribution in [0.3, 0.4) is 0 Å². The van der Waals surface area contributed by atoms with Gasteiger partial charge in [-0.05, 0) is 45.8 Å². The first-order chi connectivity index (χ1) is 12.5. The first kappa shape index (κ1) is 18.0. The van der Waals surface area contributed by atoms with Crippen LogP contribution in [0.5, 0.6) is 5.75 Å². The van der Waals surface area contributed by atoms with Crippen molar-refractivity contribution in [2.75, 3.05) is 12.5 Å². The Morgan fingerprint density at radius 3 is 2.65 bits per heavy atom. The number of hydrogen-bond acceptors (Lipinski definition) is 4. The number of ether oxygens (including phenoxy) is 1. The zero-order valence-corrected chi connectivity index (χ0v) is 16.1. The number of benzene rings is 2. The van der Waals surface area contributed by atoms with Crippen LogP contribution in [0.25, 0.3) is 11.3 Å². The average molecular weight is 415 g/mol. The normalized spacial score (nSPS) is 10.4. The van der Waals surface area contributed by atoms with E-state index in [-0.39, 0.29) is 12.3 Å². The summed E-state index contributed by atoms with van der Waals surface area (Å²) in [6.07, 6.45) is 2.18. The lowest BCUT2D eigenvalue weighted by Gasteiger charge is -2.10. The zero-order valence-electron chi connectivity index (χ0n) is 14.5. The SMILES string of the molecule is COc1ccc(CC(=O)NNc2cccc(-c3nn(C)cc3Br)c2)cc1. The van der Waals surface area contributed by atoms with Crippen molar-refractivity contribution in [3.05, 3.63) is 64.8 Å². The van der Waals surface area contributed by atoms with Gasteiger partial charge in [-0.15, -0.1) is 0 Å². The number of rotatable bonds is 6. The molecule has 0 bridgehead atoms. The summed E-state index contributed by atoms with van der Waals surface area (Å²) < 4.78 is 7.78. The van der Waals surface area contributed by atoms with E-state index in [0.717, 1.165) is 32.7 Å². The van der Waals surface area contributed by atoms with E-state index in [9.17, 15) is 4.79 Å². The summed E-state index contributed by atoms with van der Waals surface area (Å²) in [7, 11) is 3.49. The topological polar surface area (TPSA) is 68.2 Å². The number of methoxy groups -OCH3 is 1. The first-order valence-corrected chi connectivity index (χ1v) is 8.82. The van der Waals surface area contributed by atoms with Crippen molar-refractivity contribution in [2.45, 2.75) is 6.42 Å². The molecule has 0 spiro atoms. The van der Waals surface area contributed by atoms with Crippen molar-refractivity contribution < 1.29 is 9.53 Å². The molecule has 26 heavy (non-hydrogen) atoms. The van der Waals surface area contributed by atoms with Gasteiger partial charge in [-0.1, -0.05) is 24.3 Å². The number of carbonyl (C=O) groups excluding carboxylic acids is 1. The van der Waals surface area contributed by atoms with Crippen LogP contribution in [0.2, 0.25) is 0 Å². The zero-order chi connectivity index (χ0) is 18.5. The number of anilines is 1. The third-order valence-electron chi connectivity index (χ3n) is 3.79. The van der Waals surface area contributed by atoms with Crippen LogP contribution in [0, 0.1) is 0 Å². The molecule has 0 unspecified atom stereocenters. The van der Waals surface area contributed by atoms with Crippen LogP contribution in [0.1, 0.15) is 5.56 Å². The van der Waals surface area contributed by atoms with E-state index in [2.05, 4.69) is 31.9 Å². The van der Waals surface area contributed by atoms with E-state index in [1.807, 2.05) is 61.8 Å². The fourth-order valence-electron chi connectivity index (χ4n) is 2.51. The number of hydrazine groups is 1. The van der Waals surface area contributed by atoms with E-state index in [1.54, 1.807) is 11.8 Å². The predicted octanol–water partition coefficient (Wildman–Crippen LogP) is 3.54. The number of carbonyl (C=O) groups is 1. The minimum absolute atomic E-state index is 0.125. The molecule has 2 aromatic carbocycles. The summed E-state index contributed by atoms with van der Waals surface area (Å²) in [5, 5.41) is 4.43. The van der Waals surface area contributed by atoms with Crippen LogP contribution in [-0.2, 0) is 18.3 Å². The van der Waals surface area contributed by atoms with Gasteiger partial charge in [-0.2, -0.15) is 5.10 Å². The molecule has 0 aliphatic heterocycles. The van der Waals surface area contributed by atoms with Gasteiger partial charge in [0.15, 0.2) is 0 Å². The molecule has 3 aromatic rings. The predicted molar refractivity (Wildman–Crippen MR) is 105 cm³/mol. The van der Waals surface area contributed by atoms with Gasteiger partial charge in [-0.25, -0.2) is 0 Å². The molecule has 1 aromatic heterocycles. The maximum atomic E-state index is 12.1. The fraction of sp³-hybridized carbons (Fsp3) is 0.158. The molecule has 3 rings (SSSR count). The van der Waals surface area contributed by atoms with Crippen LogP contribution >= 0.6 is 15.9 Å². The number of halogens is 1. The number of aromatic nitrogens is 2. The number of hydrogen-bond donors (Lipinski definition) is 2. The molecule has 0 atom stereocenters. The van der Waals surface area contributed by atoms with Crippen LogP contribution < -0.4 is 15.6 Å². The molecule has 6 nitrogen and oxygen atoms in total. The second-order valence-electron chi connectivity index (χ2n) is 5.78. The van der Waals surface area contributed by atoms with Crippen molar-refractivity contribution in [3.8, 4) is 17.0 Å². The molecule has 0 aliphatic carbocycles. The summed E-state index contributed by atoms with van der Waals surface area (Å²) in [4.78, 5) is 12.1. The Balaban J connectivity index is 1.61. The second kappa shape index (κ2) is 8.05. The number of aryl methyl sites for hydroxylation is 1. The third kappa shape index (κ3) is 4.43. The van der Waals surface area contributed by atoms with Crippen molar-refractivity contribution in [1.82, 2.24) is 15.2 Å². The van der Waals surface area contributed by atoms with Crippen LogP contribution in [0.4, 0.5) is 5.69 Å². The van der Waals surface area contributed by atoms with Gasteiger partial charge in [0.25, 0.3) is 0 Å². The molecule has 0 saturated heterocycles. The molecular formula is C19H19BrN4O2. The van der Waals surface area contributed by atoms with Crippen molar-refractivity contribution in [3.63, 3.8) is 0 Å².